The molecular formula is C9H12BrNOS. The summed E-state index contributed by atoms with van der Waals surface area (Å²) in [7, 11) is 1.77. The van der Waals surface area contributed by atoms with Crippen molar-refractivity contribution in [3.63, 3.8) is 0 Å². The molecule has 0 saturated carbocycles. The van der Waals surface area contributed by atoms with Crippen LogP contribution in [-0.4, -0.2) is 20.2 Å². The van der Waals surface area contributed by atoms with E-state index in [0.29, 0.717) is 0 Å². The molecule has 72 valence electrons. The van der Waals surface area contributed by atoms with Crippen LogP contribution in [0.3, 0.4) is 0 Å². The SMILES string of the molecule is CO[C@@H]1CNCCc2sc(Br)cc21. The first-order chi connectivity index (χ1) is 6.31. The molecule has 0 radical (unpaired) electrons. The molecule has 0 saturated heterocycles. The summed E-state index contributed by atoms with van der Waals surface area (Å²) in [6.45, 7) is 1.98. The number of rotatable bonds is 1. The minimum absolute atomic E-state index is 0.222. The first kappa shape index (κ1) is 9.65. The average molecular weight is 262 g/mol. The molecule has 0 aliphatic carbocycles. The van der Waals surface area contributed by atoms with Crippen molar-refractivity contribution in [1.82, 2.24) is 5.32 Å². The number of hydrogen-bond acceptors (Lipinski definition) is 3. The Bertz CT molecular complexity index is 300. The van der Waals surface area contributed by atoms with E-state index in [4.69, 9.17) is 4.74 Å². The molecule has 1 aromatic heterocycles. The van der Waals surface area contributed by atoms with Crippen molar-refractivity contribution in [3.05, 3.63) is 20.3 Å². The number of halogens is 1. The number of nitrogens with one attached hydrogen (secondary N) is 1. The van der Waals surface area contributed by atoms with Gasteiger partial charge in [0.25, 0.3) is 0 Å². The Morgan fingerprint density at radius 1 is 1.69 bits per heavy atom. The highest BCUT2D eigenvalue weighted by Gasteiger charge is 2.20. The molecule has 0 fully saturated rings. The van der Waals surface area contributed by atoms with Gasteiger partial charge in [-0.25, -0.2) is 0 Å². The van der Waals surface area contributed by atoms with Gasteiger partial charge in [0.1, 0.15) is 0 Å². The molecule has 0 unspecified atom stereocenters. The largest absolute Gasteiger partial charge is 0.375 e. The predicted octanol–water partition coefficient (Wildman–Crippen LogP) is 2.34. The van der Waals surface area contributed by atoms with Gasteiger partial charge < -0.3 is 10.1 Å². The van der Waals surface area contributed by atoms with Crippen LogP contribution in [0.2, 0.25) is 0 Å². The van der Waals surface area contributed by atoms with Gasteiger partial charge in [0, 0.05) is 25.1 Å². The maximum Gasteiger partial charge on any atom is 0.0956 e. The standard InChI is InChI=1S/C9H12BrNOS/c1-12-7-5-11-3-2-8-6(7)4-9(10)13-8/h4,7,11H,2-3,5H2,1H3/t7-/m1/s1. The summed E-state index contributed by atoms with van der Waals surface area (Å²) in [5, 5.41) is 3.37. The molecule has 2 heterocycles. The highest BCUT2D eigenvalue weighted by molar-refractivity contribution is 9.11. The van der Waals surface area contributed by atoms with E-state index in [1.54, 1.807) is 7.11 Å². The number of hydrogen-bond donors (Lipinski definition) is 1. The first-order valence-corrected chi connectivity index (χ1v) is 5.94. The van der Waals surface area contributed by atoms with E-state index in [0.717, 1.165) is 19.5 Å². The summed E-state index contributed by atoms with van der Waals surface area (Å²) >= 11 is 5.34. The molecule has 0 spiro atoms. The summed E-state index contributed by atoms with van der Waals surface area (Å²) in [5.74, 6) is 0. The second-order valence-electron chi connectivity index (χ2n) is 3.11. The van der Waals surface area contributed by atoms with Crippen LogP contribution in [-0.2, 0) is 11.2 Å². The van der Waals surface area contributed by atoms with Gasteiger partial charge in [-0.05, 0) is 34.0 Å². The lowest BCUT2D eigenvalue weighted by molar-refractivity contribution is 0.105. The lowest BCUT2D eigenvalue weighted by Gasteiger charge is -2.12. The smallest absolute Gasteiger partial charge is 0.0956 e. The summed E-state index contributed by atoms with van der Waals surface area (Å²) in [4.78, 5) is 1.45. The summed E-state index contributed by atoms with van der Waals surface area (Å²) in [6.07, 6.45) is 1.34. The van der Waals surface area contributed by atoms with Gasteiger partial charge in [-0.3, -0.25) is 0 Å². The van der Waals surface area contributed by atoms with Crippen molar-refractivity contribution in [2.75, 3.05) is 20.2 Å². The Morgan fingerprint density at radius 3 is 3.31 bits per heavy atom. The molecule has 1 aliphatic rings. The molecule has 4 heteroatoms. The summed E-state index contributed by atoms with van der Waals surface area (Å²) in [5.41, 5.74) is 1.35. The third kappa shape index (κ3) is 1.96. The Labute approximate surface area is 90.4 Å². The lowest BCUT2D eigenvalue weighted by atomic mass is 10.1. The zero-order valence-electron chi connectivity index (χ0n) is 7.47. The van der Waals surface area contributed by atoms with Gasteiger partial charge in [0.05, 0.1) is 9.89 Å². The quantitative estimate of drug-likeness (QED) is 0.838. The number of thiophene rings is 1. The normalized spacial score (nSPS) is 22.5. The Morgan fingerprint density at radius 2 is 2.54 bits per heavy atom. The molecule has 1 N–H and O–H groups in total. The molecule has 1 aliphatic heterocycles. The zero-order valence-corrected chi connectivity index (χ0v) is 9.87. The van der Waals surface area contributed by atoms with E-state index in [1.165, 1.54) is 14.2 Å². The Hall–Kier alpha value is 0.100. The van der Waals surface area contributed by atoms with Gasteiger partial charge in [0.2, 0.25) is 0 Å². The van der Waals surface area contributed by atoms with Crippen molar-refractivity contribution in [2.24, 2.45) is 0 Å². The van der Waals surface area contributed by atoms with Gasteiger partial charge >= 0.3 is 0 Å². The number of methoxy groups -OCH3 is 1. The number of fused-ring (bicyclic) bond motifs is 1. The monoisotopic (exact) mass is 261 g/mol. The molecule has 0 bridgehead atoms. The van der Waals surface area contributed by atoms with Crippen molar-refractivity contribution in [2.45, 2.75) is 12.5 Å². The fourth-order valence-corrected chi connectivity index (χ4v) is 3.40. The summed E-state index contributed by atoms with van der Waals surface area (Å²) in [6, 6.07) is 2.18. The second-order valence-corrected chi connectivity index (χ2v) is 5.62. The van der Waals surface area contributed by atoms with Crippen LogP contribution >= 0.6 is 27.3 Å². The lowest BCUT2D eigenvalue weighted by Crippen LogP contribution is -2.21. The predicted molar refractivity (Wildman–Crippen MR) is 58.3 cm³/mol. The highest BCUT2D eigenvalue weighted by Crippen LogP contribution is 2.33. The molecule has 2 rings (SSSR count). The highest BCUT2D eigenvalue weighted by atomic mass is 79.9. The van der Waals surface area contributed by atoms with E-state index in [-0.39, 0.29) is 6.10 Å². The van der Waals surface area contributed by atoms with E-state index >= 15 is 0 Å². The van der Waals surface area contributed by atoms with E-state index in [1.807, 2.05) is 11.3 Å². The first-order valence-electron chi connectivity index (χ1n) is 4.33. The zero-order chi connectivity index (χ0) is 9.26. The van der Waals surface area contributed by atoms with E-state index in [9.17, 15) is 0 Å². The summed E-state index contributed by atoms with van der Waals surface area (Å²) < 4.78 is 6.64. The minimum Gasteiger partial charge on any atom is -0.375 e. The molecule has 1 atom stereocenters. The van der Waals surface area contributed by atoms with Crippen LogP contribution in [0, 0.1) is 0 Å². The van der Waals surface area contributed by atoms with Crippen LogP contribution in [0.25, 0.3) is 0 Å². The third-order valence-corrected chi connectivity index (χ3v) is 4.02. The van der Waals surface area contributed by atoms with Crippen LogP contribution in [0.5, 0.6) is 0 Å². The molecule has 0 aromatic carbocycles. The van der Waals surface area contributed by atoms with Crippen LogP contribution < -0.4 is 5.32 Å². The van der Waals surface area contributed by atoms with Crippen LogP contribution in [0.1, 0.15) is 16.5 Å². The van der Waals surface area contributed by atoms with Crippen molar-refractivity contribution in [3.8, 4) is 0 Å². The fraction of sp³-hybridized carbons (Fsp3) is 0.556. The van der Waals surface area contributed by atoms with Gasteiger partial charge in [-0.1, -0.05) is 0 Å². The molecule has 13 heavy (non-hydrogen) atoms. The molecule has 2 nitrogen and oxygen atoms in total. The fourth-order valence-electron chi connectivity index (χ4n) is 1.63. The maximum atomic E-state index is 5.43. The number of ether oxygens (including phenoxy) is 1. The Balaban J connectivity index is 2.34. The average Bonchev–Trinajstić information content (AvgIpc) is 2.37. The van der Waals surface area contributed by atoms with Gasteiger partial charge in [-0.2, -0.15) is 0 Å². The minimum atomic E-state index is 0.222. The van der Waals surface area contributed by atoms with E-state index in [2.05, 4.69) is 27.3 Å². The third-order valence-electron chi connectivity index (χ3n) is 2.30. The maximum absolute atomic E-state index is 5.43. The van der Waals surface area contributed by atoms with Crippen molar-refractivity contribution < 1.29 is 4.74 Å². The topological polar surface area (TPSA) is 21.3 Å². The van der Waals surface area contributed by atoms with Gasteiger partial charge in [-0.15, -0.1) is 11.3 Å². The second kappa shape index (κ2) is 4.09. The Kier molecular flexibility index (Phi) is 3.03. The molecular weight excluding hydrogens is 250 g/mol. The molecule has 0 amide bonds. The molecule has 1 aromatic rings. The van der Waals surface area contributed by atoms with Gasteiger partial charge in [0.15, 0.2) is 0 Å². The van der Waals surface area contributed by atoms with Crippen molar-refractivity contribution >= 4 is 27.3 Å². The van der Waals surface area contributed by atoms with Crippen LogP contribution in [0.4, 0.5) is 0 Å². The van der Waals surface area contributed by atoms with Crippen molar-refractivity contribution in [1.29, 1.82) is 0 Å². The van der Waals surface area contributed by atoms with Crippen LogP contribution in [0.15, 0.2) is 9.85 Å². The van der Waals surface area contributed by atoms with E-state index < -0.39 is 0 Å².